The summed E-state index contributed by atoms with van der Waals surface area (Å²) in [4.78, 5) is 12.8. The van der Waals surface area contributed by atoms with Gasteiger partial charge in [-0.25, -0.2) is 0 Å². The minimum atomic E-state index is -0.345. The summed E-state index contributed by atoms with van der Waals surface area (Å²) in [6.07, 6.45) is 24.3. The van der Waals surface area contributed by atoms with Crippen molar-refractivity contribution in [3.05, 3.63) is 0 Å². The van der Waals surface area contributed by atoms with Gasteiger partial charge in [0.15, 0.2) is 0 Å². The summed E-state index contributed by atoms with van der Waals surface area (Å²) >= 11 is 0. The van der Waals surface area contributed by atoms with E-state index in [0.717, 1.165) is 38.5 Å². The van der Waals surface area contributed by atoms with Crippen molar-refractivity contribution in [1.29, 1.82) is 0 Å². The molecule has 5 rings (SSSR count). The van der Waals surface area contributed by atoms with Gasteiger partial charge in [0.1, 0.15) is 12.3 Å². The van der Waals surface area contributed by atoms with Crippen LogP contribution in [0.2, 0.25) is 0 Å². The van der Waals surface area contributed by atoms with E-state index in [1.807, 2.05) is 0 Å². The van der Waals surface area contributed by atoms with Crippen LogP contribution in [-0.4, -0.2) is 41.5 Å². The number of rotatable bonds is 9. The second-order valence-corrected chi connectivity index (χ2v) is 13.2. The fourth-order valence-corrected chi connectivity index (χ4v) is 7.85. The molecule has 0 aromatic carbocycles. The zero-order valence-electron chi connectivity index (χ0n) is 23.1. The molecule has 0 aromatic rings. The van der Waals surface area contributed by atoms with Crippen molar-refractivity contribution < 1.29 is 14.3 Å². The maximum Gasteiger partial charge on any atom is 0.246 e. The van der Waals surface area contributed by atoms with E-state index in [-0.39, 0.29) is 41.5 Å². The van der Waals surface area contributed by atoms with E-state index in [4.69, 9.17) is 9.47 Å². The summed E-state index contributed by atoms with van der Waals surface area (Å²) in [6, 6.07) is 0. The standard InChI is InChI=1S/C30H54N2O3/c1-24(25-15-11-7-6-8-12-16-25)35-28(2,3)32-30-20-19-29(22-30,23-30)31-27(33)21-34-26-17-13-9-4-5-10-14-18-26/h24-26,32H,4-23H2,1-3H3,(H,31,33). The van der Waals surface area contributed by atoms with E-state index < -0.39 is 0 Å². The lowest BCUT2D eigenvalue weighted by atomic mass is 9.70. The zero-order valence-corrected chi connectivity index (χ0v) is 23.1. The van der Waals surface area contributed by atoms with Gasteiger partial charge in [0.2, 0.25) is 5.91 Å². The first-order chi connectivity index (χ1) is 16.8. The molecular weight excluding hydrogens is 436 g/mol. The van der Waals surface area contributed by atoms with Crippen LogP contribution in [0.1, 0.15) is 143 Å². The van der Waals surface area contributed by atoms with Crippen molar-refractivity contribution >= 4 is 5.91 Å². The van der Waals surface area contributed by atoms with Gasteiger partial charge in [-0.2, -0.15) is 0 Å². The van der Waals surface area contributed by atoms with Crippen LogP contribution in [0.25, 0.3) is 0 Å². The second kappa shape index (κ2) is 12.3. The van der Waals surface area contributed by atoms with E-state index >= 15 is 0 Å². The first-order valence-electron chi connectivity index (χ1n) is 15.2. The summed E-state index contributed by atoms with van der Waals surface area (Å²) in [5, 5.41) is 7.26. The largest absolute Gasteiger partial charge is 0.368 e. The number of amides is 1. The van der Waals surface area contributed by atoms with E-state index in [1.165, 1.54) is 83.5 Å². The molecule has 5 saturated carbocycles. The minimum absolute atomic E-state index is 0.0346. The monoisotopic (exact) mass is 490 g/mol. The Morgan fingerprint density at radius 3 is 1.94 bits per heavy atom. The number of hydrogen-bond acceptors (Lipinski definition) is 4. The molecule has 0 aliphatic heterocycles. The van der Waals surface area contributed by atoms with Crippen LogP contribution >= 0.6 is 0 Å². The Hall–Kier alpha value is -0.650. The average Bonchev–Trinajstić information content (AvgIpc) is 3.29. The normalized spacial score (nSPS) is 32.4. The molecule has 0 aromatic heterocycles. The third-order valence-electron chi connectivity index (χ3n) is 9.45. The van der Waals surface area contributed by atoms with Crippen LogP contribution < -0.4 is 10.6 Å². The molecule has 0 radical (unpaired) electrons. The molecule has 2 N–H and O–H groups in total. The SMILES string of the molecule is CC(OC(C)(C)NC12CCC(NC(=O)COC3CCCCCCCC3)(C1)C2)C1CCCCCCC1. The molecule has 5 aliphatic carbocycles. The number of nitrogens with one attached hydrogen (secondary N) is 2. The first-order valence-corrected chi connectivity index (χ1v) is 15.2. The second-order valence-electron chi connectivity index (χ2n) is 13.2. The number of hydrogen-bond donors (Lipinski definition) is 2. The van der Waals surface area contributed by atoms with Gasteiger partial charge in [0, 0.05) is 11.1 Å². The molecular formula is C30H54N2O3. The maximum atomic E-state index is 12.8. The highest BCUT2D eigenvalue weighted by atomic mass is 16.5. The molecule has 0 heterocycles. The molecule has 0 saturated heterocycles. The lowest BCUT2D eigenvalue weighted by Gasteiger charge is -2.52. The van der Waals surface area contributed by atoms with Crippen molar-refractivity contribution in [3.63, 3.8) is 0 Å². The molecule has 5 aliphatic rings. The predicted octanol–water partition coefficient (Wildman–Crippen LogP) is 6.78. The van der Waals surface area contributed by atoms with E-state index in [1.54, 1.807) is 0 Å². The van der Waals surface area contributed by atoms with Gasteiger partial charge in [-0.3, -0.25) is 10.1 Å². The summed E-state index contributed by atoms with van der Waals surface area (Å²) in [6.45, 7) is 6.90. The molecule has 1 atom stereocenters. The van der Waals surface area contributed by atoms with Crippen LogP contribution in [0, 0.1) is 5.92 Å². The Labute approximate surface area is 215 Å². The summed E-state index contributed by atoms with van der Waals surface area (Å²) < 4.78 is 12.7. The molecule has 202 valence electrons. The summed E-state index contributed by atoms with van der Waals surface area (Å²) in [5.74, 6) is 0.758. The number of carbonyl (C=O) groups excluding carboxylic acids is 1. The first kappa shape index (κ1) is 27.4. The number of carbonyl (C=O) groups is 1. The summed E-state index contributed by atoms with van der Waals surface area (Å²) in [5.41, 5.74) is -0.272. The lowest BCUT2D eigenvalue weighted by molar-refractivity contribution is -0.137. The Kier molecular flexibility index (Phi) is 9.59. The minimum Gasteiger partial charge on any atom is -0.368 e. The third-order valence-corrected chi connectivity index (χ3v) is 9.45. The fourth-order valence-electron chi connectivity index (χ4n) is 7.85. The molecule has 5 fully saturated rings. The van der Waals surface area contributed by atoms with E-state index in [2.05, 4.69) is 31.4 Å². The molecule has 1 amide bonds. The van der Waals surface area contributed by atoms with Gasteiger partial charge in [-0.05, 0) is 78.1 Å². The highest BCUT2D eigenvalue weighted by molar-refractivity contribution is 5.78. The van der Waals surface area contributed by atoms with E-state index in [9.17, 15) is 4.79 Å². The van der Waals surface area contributed by atoms with Crippen LogP contribution in [-0.2, 0) is 14.3 Å². The molecule has 2 bridgehead atoms. The van der Waals surface area contributed by atoms with Crippen molar-refractivity contribution in [1.82, 2.24) is 10.6 Å². The third kappa shape index (κ3) is 7.92. The highest BCUT2D eigenvalue weighted by Crippen LogP contribution is 2.55. The van der Waals surface area contributed by atoms with Gasteiger partial charge in [-0.1, -0.05) is 70.6 Å². The predicted molar refractivity (Wildman–Crippen MR) is 142 cm³/mol. The Balaban J connectivity index is 1.19. The molecule has 35 heavy (non-hydrogen) atoms. The highest BCUT2D eigenvalue weighted by Gasteiger charge is 2.62. The van der Waals surface area contributed by atoms with Crippen LogP contribution in [0.15, 0.2) is 0 Å². The van der Waals surface area contributed by atoms with Gasteiger partial charge in [-0.15, -0.1) is 0 Å². The van der Waals surface area contributed by atoms with Crippen LogP contribution in [0.4, 0.5) is 0 Å². The number of fused-ring (bicyclic) bond motifs is 1. The zero-order chi connectivity index (χ0) is 24.8. The molecule has 5 nitrogen and oxygen atoms in total. The van der Waals surface area contributed by atoms with Gasteiger partial charge in [0.25, 0.3) is 0 Å². The fraction of sp³-hybridized carbons (Fsp3) is 0.967. The Morgan fingerprint density at radius 2 is 1.34 bits per heavy atom. The van der Waals surface area contributed by atoms with Crippen molar-refractivity contribution in [2.45, 2.75) is 172 Å². The van der Waals surface area contributed by atoms with Crippen LogP contribution in [0.3, 0.4) is 0 Å². The Bertz CT molecular complexity index is 655. The lowest BCUT2D eigenvalue weighted by Crippen LogP contribution is -2.68. The van der Waals surface area contributed by atoms with Gasteiger partial charge < -0.3 is 14.8 Å². The molecule has 0 spiro atoms. The molecule has 1 unspecified atom stereocenters. The van der Waals surface area contributed by atoms with Crippen molar-refractivity contribution in [2.24, 2.45) is 5.92 Å². The maximum absolute atomic E-state index is 12.8. The van der Waals surface area contributed by atoms with Crippen molar-refractivity contribution in [3.8, 4) is 0 Å². The van der Waals surface area contributed by atoms with Crippen LogP contribution in [0.5, 0.6) is 0 Å². The number of ether oxygens (including phenoxy) is 2. The Morgan fingerprint density at radius 1 is 0.829 bits per heavy atom. The average molecular weight is 491 g/mol. The topological polar surface area (TPSA) is 59.6 Å². The van der Waals surface area contributed by atoms with Gasteiger partial charge in [0.05, 0.1) is 12.2 Å². The van der Waals surface area contributed by atoms with Gasteiger partial charge >= 0.3 is 0 Å². The quantitative estimate of drug-likeness (QED) is 0.350. The van der Waals surface area contributed by atoms with Crippen molar-refractivity contribution in [2.75, 3.05) is 6.61 Å². The molecule has 5 heteroatoms. The van der Waals surface area contributed by atoms with E-state index in [0.29, 0.717) is 5.92 Å². The summed E-state index contributed by atoms with van der Waals surface area (Å²) in [7, 11) is 0. The smallest absolute Gasteiger partial charge is 0.246 e.